The summed E-state index contributed by atoms with van der Waals surface area (Å²) in [6, 6.07) is 14.5. The predicted octanol–water partition coefficient (Wildman–Crippen LogP) is 3.83. The van der Waals surface area contributed by atoms with Crippen LogP contribution in [0.25, 0.3) is 10.8 Å². The average molecular weight is 324 g/mol. The molecule has 2 heterocycles. The Balaban J connectivity index is 1.67. The molecule has 4 rings (SSSR count). The highest BCUT2D eigenvalue weighted by Crippen LogP contribution is 2.27. The first-order valence-electron chi connectivity index (χ1n) is 7.63. The summed E-state index contributed by atoms with van der Waals surface area (Å²) in [5, 5.41) is 14.0. The lowest BCUT2D eigenvalue weighted by Crippen LogP contribution is -2.05. The molecule has 1 N–H and O–H groups in total. The largest absolute Gasteiger partial charge is 0.370 e. The molecule has 0 radical (unpaired) electrons. The van der Waals surface area contributed by atoms with Crippen LogP contribution in [0.15, 0.2) is 47.6 Å². The zero-order valence-corrected chi connectivity index (χ0v) is 13.3. The average Bonchev–Trinajstić information content (AvgIpc) is 3.22. The molecular weight excluding hydrogens is 308 g/mol. The van der Waals surface area contributed by atoms with Gasteiger partial charge in [0.25, 0.3) is 0 Å². The van der Waals surface area contributed by atoms with Crippen LogP contribution in [0.4, 0.5) is 0 Å². The Morgan fingerprint density at radius 3 is 2.96 bits per heavy atom. The molecule has 0 spiro atoms. The third kappa shape index (κ3) is 2.83. The van der Waals surface area contributed by atoms with Gasteiger partial charge in [0.1, 0.15) is 6.10 Å². The Hall–Kier alpha value is -2.31. The van der Waals surface area contributed by atoms with Gasteiger partial charge in [0.2, 0.25) is 4.77 Å². The van der Waals surface area contributed by atoms with Gasteiger partial charge in [-0.25, -0.2) is 0 Å². The summed E-state index contributed by atoms with van der Waals surface area (Å²) in [5.74, 6) is 0.740. The fraction of sp³-hybridized carbons (Fsp3) is 0.235. The van der Waals surface area contributed by atoms with Gasteiger partial charge < -0.3 is 4.74 Å². The Morgan fingerprint density at radius 2 is 2.13 bits per heavy atom. The van der Waals surface area contributed by atoms with Gasteiger partial charge in [0.15, 0.2) is 5.82 Å². The number of aromatic amines is 1. The van der Waals surface area contributed by atoms with Crippen LogP contribution < -0.4 is 0 Å². The first-order chi connectivity index (χ1) is 11.3. The molecule has 6 heteroatoms. The standard InChI is InChI=1S/C17H16N4OS/c23-17-20-19-16(15-6-3-9-22-15)21(17)18-11-12-7-8-13-4-1-2-5-14(13)10-12/h1-2,4-5,7-8,10-11,15H,3,6,9H2,(H,20,23)/b18-11-/t15-/m0/s1. The van der Waals surface area contributed by atoms with Crippen molar-refractivity contribution in [1.82, 2.24) is 14.9 Å². The highest BCUT2D eigenvalue weighted by molar-refractivity contribution is 7.71. The zero-order valence-electron chi connectivity index (χ0n) is 12.5. The maximum atomic E-state index is 5.68. The number of H-pyrrole nitrogens is 1. The van der Waals surface area contributed by atoms with E-state index in [1.165, 1.54) is 10.8 Å². The van der Waals surface area contributed by atoms with Crippen LogP contribution >= 0.6 is 12.2 Å². The fourth-order valence-corrected chi connectivity index (χ4v) is 3.00. The first-order valence-corrected chi connectivity index (χ1v) is 8.04. The maximum absolute atomic E-state index is 5.68. The van der Waals surface area contributed by atoms with Gasteiger partial charge in [-0.3, -0.25) is 5.10 Å². The summed E-state index contributed by atoms with van der Waals surface area (Å²) in [6.45, 7) is 0.763. The molecule has 0 saturated carbocycles. The van der Waals surface area contributed by atoms with Gasteiger partial charge in [-0.1, -0.05) is 36.4 Å². The van der Waals surface area contributed by atoms with E-state index >= 15 is 0 Å². The highest BCUT2D eigenvalue weighted by Gasteiger charge is 2.23. The summed E-state index contributed by atoms with van der Waals surface area (Å²) in [4.78, 5) is 0. The lowest BCUT2D eigenvalue weighted by molar-refractivity contribution is 0.102. The number of hydrogen-bond donors (Lipinski definition) is 1. The van der Waals surface area contributed by atoms with Crippen molar-refractivity contribution in [3.05, 3.63) is 58.6 Å². The van der Waals surface area contributed by atoms with Crippen LogP contribution in [0.3, 0.4) is 0 Å². The van der Waals surface area contributed by atoms with Crippen molar-refractivity contribution in [2.75, 3.05) is 6.61 Å². The van der Waals surface area contributed by atoms with Crippen LogP contribution in [0, 0.1) is 4.77 Å². The number of nitrogens with zero attached hydrogens (tertiary/aromatic N) is 3. The molecule has 1 aliphatic heterocycles. The van der Waals surface area contributed by atoms with Gasteiger partial charge in [-0.2, -0.15) is 14.9 Å². The molecule has 116 valence electrons. The maximum Gasteiger partial charge on any atom is 0.216 e. The molecule has 0 unspecified atom stereocenters. The number of nitrogens with one attached hydrogen (secondary N) is 1. The molecule has 1 atom stereocenters. The van der Waals surface area contributed by atoms with E-state index in [2.05, 4.69) is 39.6 Å². The highest BCUT2D eigenvalue weighted by atomic mass is 32.1. The van der Waals surface area contributed by atoms with Crippen molar-refractivity contribution >= 4 is 29.2 Å². The molecule has 0 amide bonds. The van der Waals surface area contributed by atoms with E-state index in [0.717, 1.165) is 30.8 Å². The number of rotatable bonds is 3. The number of hydrogen-bond acceptors (Lipinski definition) is 4. The Bertz CT molecular complexity index is 921. The molecule has 3 aromatic rings. The predicted molar refractivity (Wildman–Crippen MR) is 92.3 cm³/mol. The van der Waals surface area contributed by atoms with E-state index in [1.807, 2.05) is 18.2 Å². The minimum atomic E-state index is -0.0308. The fourth-order valence-electron chi connectivity index (χ4n) is 2.82. The van der Waals surface area contributed by atoms with E-state index in [9.17, 15) is 0 Å². The lowest BCUT2D eigenvalue weighted by atomic mass is 10.1. The van der Waals surface area contributed by atoms with Gasteiger partial charge in [-0.05, 0) is 47.5 Å². The molecule has 2 aromatic carbocycles. The van der Waals surface area contributed by atoms with E-state index in [1.54, 1.807) is 10.9 Å². The van der Waals surface area contributed by atoms with E-state index < -0.39 is 0 Å². The second-order valence-corrected chi connectivity index (χ2v) is 5.94. The second-order valence-electron chi connectivity index (χ2n) is 5.55. The molecule has 0 aliphatic carbocycles. The molecule has 1 fully saturated rings. The smallest absolute Gasteiger partial charge is 0.216 e. The third-order valence-electron chi connectivity index (χ3n) is 3.99. The van der Waals surface area contributed by atoms with Gasteiger partial charge in [-0.15, -0.1) is 0 Å². The number of ether oxygens (including phenoxy) is 1. The summed E-state index contributed by atoms with van der Waals surface area (Å²) in [5.41, 5.74) is 1.02. The monoisotopic (exact) mass is 324 g/mol. The molecule has 1 aliphatic rings. The van der Waals surface area contributed by atoms with Crippen molar-refractivity contribution in [2.24, 2.45) is 5.10 Å². The van der Waals surface area contributed by atoms with Gasteiger partial charge in [0.05, 0.1) is 6.21 Å². The van der Waals surface area contributed by atoms with Crippen molar-refractivity contribution < 1.29 is 4.74 Å². The topological polar surface area (TPSA) is 55.2 Å². The third-order valence-corrected chi connectivity index (χ3v) is 4.25. The minimum Gasteiger partial charge on any atom is -0.370 e. The van der Waals surface area contributed by atoms with Gasteiger partial charge >= 0.3 is 0 Å². The second kappa shape index (κ2) is 6.06. The Kier molecular flexibility index (Phi) is 3.77. The summed E-state index contributed by atoms with van der Waals surface area (Å²) >= 11 is 5.28. The molecular formula is C17H16N4OS. The van der Waals surface area contributed by atoms with E-state index in [0.29, 0.717) is 4.77 Å². The van der Waals surface area contributed by atoms with Crippen molar-refractivity contribution in [3.8, 4) is 0 Å². The Labute approximate surface area is 138 Å². The SMILES string of the molecule is S=c1[nH]nc([C@@H]2CCCO2)n1/N=C\c1ccc2ccccc2c1. The van der Waals surface area contributed by atoms with Crippen LogP contribution in [0.5, 0.6) is 0 Å². The summed E-state index contributed by atoms with van der Waals surface area (Å²) in [7, 11) is 0. The molecule has 1 saturated heterocycles. The number of aromatic nitrogens is 3. The minimum absolute atomic E-state index is 0.0308. The lowest BCUT2D eigenvalue weighted by Gasteiger charge is -2.07. The molecule has 23 heavy (non-hydrogen) atoms. The normalized spacial score (nSPS) is 18.2. The van der Waals surface area contributed by atoms with E-state index in [4.69, 9.17) is 17.0 Å². The first kappa shape index (κ1) is 14.3. The van der Waals surface area contributed by atoms with Crippen LogP contribution in [0.1, 0.15) is 30.3 Å². The number of fused-ring (bicyclic) bond motifs is 1. The van der Waals surface area contributed by atoms with Crippen LogP contribution in [-0.2, 0) is 4.74 Å². The molecule has 5 nitrogen and oxygen atoms in total. The summed E-state index contributed by atoms with van der Waals surface area (Å²) in [6.07, 6.45) is 3.76. The molecule has 0 bridgehead atoms. The van der Waals surface area contributed by atoms with Crippen LogP contribution in [0.2, 0.25) is 0 Å². The van der Waals surface area contributed by atoms with Crippen molar-refractivity contribution in [3.63, 3.8) is 0 Å². The zero-order chi connectivity index (χ0) is 15.6. The molecule has 1 aromatic heterocycles. The van der Waals surface area contributed by atoms with E-state index in [-0.39, 0.29) is 6.10 Å². The van der Waals surface area contributed by atoms with Crippen molar-refractivity contribution in [2.45, 2.75) is 18.9 Å². The van der Waals surface area contributed by atoms with Gasteiger partial charge in [0, 0.05) is 6.61 Å². The van der Waals surface area contributed by atoms with Crippen molar-refractivity contribution in [1.29, 1.82) is 0 Å². The number of benzene rings is 2. The van der Waals surface area contributed by atoms with Crippen LogP contribution in [-0.4, -0.2) is 27.7 Å². The quantitative estimate of drug-likeness (QED) is 0.588. The summed E-state index contributed by atoms with van der Waals surface area (Å²) < 4.78 is 7.81. The Morgan fingerprint density at radius 1 is 1.26 bits per heavy atom.